The van der Waals surface area contributed by atoms with Crippen LogP contribution in [0.25, 0.3) is 0 Å². The first-order valence-electron chi connectivity index (χ1n) is 6.34. The van der Waals surface area contributed by atoms with Gasteiger partial charge in [-0.25, -0.2) is 9.80 Å². The highest BCUT2D eigenvalue weighted by Crippen LogP contribution is 2.20. The minimum atomic E-state index is -0.630. The number of rotatable bonds is 5. The van der Waals surface area contributed by atoms with Crippen molar-refractivity contribution in [1.29, 1.82) is 0 Å². The maximum atomic E-state index is 11.2. The van der Waals surface area contributed by atoms with E-state index in [1.165, 1.54) is 0 Å². The maximum absolute atomic E-state index is 11.2. The molecule has 6 heteroatoms. The number of hydrogen-bond donors (Lipinski definition) is 2. The zero-order valence-corrected chi connectivity index (χ0v) is 12.7. The van der Waals surface area contributed by atoms with E-state index < -0.39 is 6.03 Å². The summed E-state index contributed by atoms with van der Waals surface area (Å²) in [5.41, 5.74) is 9.58. The Labute approximate surface area is 133 Å². The molecule has 0 heterocycles. The minimum absolute atomic E-state index is 0.424. The van der Waals surface area contributed by atoms with Crippen LogP contribution in [0, 0.1) is 0 Å². The number of carbonyl (C=O) groups excluding carboxylic acids is 1. The van der Waals surface area contributed by atoms with Gasteiger partial charge in [-0.2, -0.15) is 0 Å². The predicted molar refractivity (Wildman–Crippen MR) is 84.9 cm³/mol. The van der Waals surface area contributed by atoms with Crippen LogP contribution in [0.15, 0.2) is 48.5 Å². The SMILES string of the molecule is NC(=O)NN(Cc1ccccc1Cl)Cc1ccccc1Cl. The molecule has 2 rings (SSSR count). The third-order valence-electron chi connectivity index (χ3n) is 2.91. The molecule has 0 bridgehead atoms. The summed E-state index contributed by atoms with van der Waals surface area (Å²) in [6.45, 7) is 0.849. The van der Waals surface area contributed by atoms with E-state index in [9.17, 15) is 4.79 Å². The van der Waals surface area contributed by atoms with Gasteiger partial charge in [0, 0.05) is 23.1 Å². The Morgan fingerprint density at radius 3 is 1.76 bits per heavy atom. The number of primary amides is 1. The van der Waals surface area contributed by atoms with E-state index in [4.69, 9.17) is 28.9 Å². The number of benzene rings is 2. The number of hydrogen-bond acceptors (Lipinski definition) is 2. The van der Waals surface area contributed by atoms with E-state index in [2.05, 4.69) is 5.43 Å². The van der Waals surface area contributed by atoms with Crippen molar-refractivity contribution < 1.29 is 4.79 Å². The Morgan fingerprint density at radius 1 is 0.952 bits per heavy atom. The number of amides is 2. The van der Waals surface area contributed by atoms with Gasteiger partial charge >= 0.3 is 6.03 Å². The molecule has 0 unspecified atom stereocenters. The van der Waals surface area contributed by atoms with E-state index in [1.54, 1.807) is 17.1 Å². The van der Waals surface area contributed by atoms with Gasteiger partial charge in [0.2, 0.25) is 0 Å². The summed E-state index contributed by atoms with van der Waals surface area (Å²) in [5, 5.41) is 2.94. The number of nitrogens with zero attached hydrogens (tertiary/aromatic N) is 1. The van der Waals surface area contributed by atoms with Crippen LogP contribution in [0.4, 0.5) is 4.79 Å². The van der Waals surface area contributed by atoms with Crippen molar-refractivity contribution >= 4 is 29.2 Å². The summed E-state index contributed by atoms with van der Waals surface area (Å²) in [5.74, 6) is 0. The van der Waals surface area contributed by atoms with Gasteiger partial charge in [0.05, 0.1) is 0 Å². The number of halogens is 2. The molecule has 0 saturated carbocycles. The van der Waals surface area contributed by atoms with E-state index in [-0.39, 0.29) is 0 Å². The van der Waals surface area contributed by atoms with Crippen molar-refractivity contribution in [3.63, 3.8) is 0 Å². The molecule has 110 valence electrons. The smallest absolute Gasteiger partial charge is 0.326 e. The van der Waals surface area contributed by atoms with Gasteiger partial charge in [-0.15, -0.1) is 0 Å². The molecule has 0 atom stereocenters. The van der Waals surface area contributed by atoms with Gasteiger partial charge in [0.25, 0.3) is 0 Å². The van der Waals surface area contributed by atoms with Crippen molar-refractivity contribution in [2.45, 2.75) is 13.1 Å². The largest absolute Gasteiger partial charge is 0.351 e. The van der Waals surface area contributed by atoms with Crippen molar-refractivity contribution in [2.75, 3.05) is 0 Å². The number of hydrazine groups is 1. The van der Waals surface area contributed by atoms with Gasteiger partial charge in [-0.05, 0) is 23.3 Å². The minimum Gasteiger partial charge on any atom is -0.351 e. The first-order valence-corrected chi connectivity index (χ1v) is 7.09. The lowest BCUT2D eigenvalue weighted by atomic mass is 10.2. The zero-order valence-electron chi connectivity index (χ0n) is 11.2. The third kappa shape index (κ3) is 4.63. The zero-order chi connectivity index (χ0) is 15.2. The fourth-order valence-corrected chi connectivity index (χ4v) is 2.35. The number of urea groups is 1. The van der Waals surface area contributed by atoms with E-state index in [0.717, 1.165) is 11.1 Å². The average molecular weight is 324 g/mol. The van der Waals surface area contributed by atoms with Crippen molar-refractivity contribution in [1.82, 2.24) is 10.4 Å². The Hall–Kier alpha value is -1.75. The summed E-state index contributed by atoms with van der Waals surface area (Å²) in [7, 11) is 0. The van der Waals surface area contributed by atoms with E-state index >= 15 is 0 Å². The van der Waals surface area contributed by atoms with Crippen LogP contribution in [0.2, 0.25) is 10.0 Å². The Morgan fingerprint density at radius 2 is 1.38 bits per heavy atom. The molecular weight excluding hydrogens is 309 g/mol. The van der Waals surface area contributed by atoms with Gasteiger partial charge < -0.3 is 5.73 Å². The molecular formula is C15H15Cl2N3O. The van der Waals surface area contributed by atoms with Crippen molar-refractivity contribution in [3.8, 4) is 0 Å². The Kier molecular flexibility index (Phi) is 5.44. The molecule has 3 N–H and O–H groups in total. The maximum Gasteiger partial charge on any atom is 0.326 e. The predicted octanol–water partition coefficient (Wildman–Crippen LogP) is 3.58. The van der Waals surface area contributed by atoms with Crippen LogP contribution >= 0.6 is 23.2 Å². The van der Waals surface area contributed by atoms with E-state index in [0.29, 0.717) is 23.1 Å². The number of carbonyl (C=O) groups is 1. The van der Waals surface area contributed by atoms with Gasteiger partial charge in [0.15, 0.2) is 0 Å². The average Bonchev–Trinajstić information content (AvgIpc) is 2.43. The van der Waals surface area contributed by atoms with Gasteiger partial charge in [-0.1, -0.05) is 59.6 Å². The highest BCUT2D eigenvalue weighted by molar-refractivity contribution is 6.31. The monoisotopic (exact) mass is 323 g/mol. The van der Waals surface area contributed by atoms with Crippen LogP contribution in [0.3, 0.4) is 0 Å². The first-order chi connectivity index (χ1) is 10.1. The molecule has 21 heavy (non-hydrogen) atoms. The lowest BCUT2D eigenvalue weighted by Crippen LogP contribution is -2.44. The summed E-state index contributed by atoms with van der Waals surface area (Å²) in [6.07, 6.45) is 0. The van der Waals surface area contributed by atoms with Crippen LogP contribution in [0.5, 0.6) is 0 Å². The van der Waals surface area contributed by atoms with Crippen LogP contribution < -0.4 is 11.2 Å². The topological polar surface area (TPSA) is 58.4 Å². The standard InChI is InChI=1S/C15H15Cl2N3O/c16-13-7-3-1-5-11(13)9-20(19-15(18)21)10-12-6-2-4-8-14(12)17/h1-8H,9-10H2,(H3,18,19,21). The molecule has 2 aromatic carbocycles. The molecule has 0 aromatic heterocycles. The van der Waals surface area contributed by atoms with Crippen molar-refractivity contribution in [2.24, 2.45) is 5.73 Å². The second-order valence-electron chi connectivity index (χ2n) is 4.51. The second kappa shape index (κ2) is 7.31. The molecule has 0 aliphatic rings. The highest BCUT2D eigenvalue weighted by atomic mass is 35.5. The fraction of sp³-hybridized carbons (Fsp3) is 0.133. The molecule has 4 nitrogen and oxygen atoms in total. The summed E-state index contributed by atoms with van der Waals surface area (Å²) < 4.78 is 0. The first kappa shape index (κ1) is 15.6. The summed E-state index contributed by atoms with van der Waals surface area (Å²) in [4.78, 5) is 11.2. The molecule has 0 fully saturated rings. The number of nitrogens with one attached hydrogen (secondary N) is 1. The Balaban J connectivity index is 2.17. The van der Waals surface area contributed by atoms with Gasteiger partial charge in [0.1, 0.15) is 0 Å². The second-order valence-corrected chi connectivity index (χ2v) is 5.33. The molecule has 0 aliphatic carbocycles. The highest BCUT2D eigenvalue weighted by Gasteiger charge is 2.12. The van der Waals surface area contributed by atoms with Gasteiger partial charge in [-0.3, -0.25) is 5.43 Å². The van der Waals surface area contributed by atoms with Crippen LogP contribution in [-0.4, -0.2) is 11.0 Å². The normalized spacial score (nSPS) is 10.6. The van der Waals surface area contributed by atoms with E-state index in [1.807, 2.05) is 36.4 Å². The molecule has 0 spiro atoms. The van der Waals surface area contributed by atoms with Crippen LogP contribution in [-0.2, 0) is 13.1 Å². The molecule has 0 radical (unpaired) electrons. The number of nitrogens with two attached hydrogens (primary N) is 1. The van der Waals surface area contributed by atoms with Crippen molar-refractivity contribution in [3.05, 3.63) is 69.7 Å². The van der Waals surface area contributed by atoms with Crippen LogP contribution in [0.1, 0.15) is 11.1 Å². The molecule has 0 aliphatic heterocycles. The fourth-order valence-electron chi connectivity index (χ4n) is 1.96. The summed E-state index contributed by atoms with van der Waals surface area (Å²) in [6, 6.07) is 14.2. The Bertz CT molecular complexity index is 586. The third-order valence-corrected chi connectivity index (χ3v) is 3.64. The lowest BCUT2D eigenvalue weighted by Gasteiger charge is -2.23. The molecule has 0 saturated heterocycles. The quantitative estimate of drug-likeness (QED) is 0.826. The lowest BCUT2D eigenvalue weighted by molar-refractivity contribution is 0.170. The molecule has 2 aromatic rings. The summed E-state index contributed by atoms with van der Waals surface area (Å²) >= 11 is 12.3. The molecule has 2 amide bonds.